The lowest BCUT2D eigenvalue weighted by atomic mass is 10.0. The fourth-order valence-electron chi connectivity index (χ4n) is 3.06. The van der Waals surface area contributed by atoms with Gasteiger partial charge in [-0.05, 0) is 17.7 Å². The van der Waals surface area contributed by atoms with Crippen molar-refractivity contribution < 1.29 is 57.2 Å². The molecule has 0 aliphatic carbocycles. The van der Waals surface area contributed by atoms with E-state index in [0.717, 1.165) is 4.90 Å². The van der Waals surface area contributed by atoms with Gasteiger partial charge in [0.1, 0.15) is 35.5 Å². The van der Waals surface area contributed by atoms with E-state index in [1.54, 1.807) is 0 Å². The van der Waals surface area contributed by atoms with Crippen molar-refractivity contribution in [2.45, 2.75) is 30.6 Å². The summed E-state index contributed by atoms with van der Waals surface area (Å²) in [6.07, 6.45) is -5.08. The van der Waals surface area contributed by atoms with Crippen LogP contribution < -0.4 is 11.1 Å². The summed E-state index contributed by atoms with van der Waals surface area (Å²) in [5, 5.41) is 27.9. The van der Waals surface area contributed by atoms with Gasteiger partial charge in [-0.2, -0.15) is 13.2 Å². The molecule has 0 spiro atoms. The zero-order chi connectivity index (χ0) is 27.4. The molecule has 36 heavy (non-hydrogen) atoms. The highest BCUT2D eigenvalue weighted by molar-refractivity contribution is 8.00. The van der Waals surface area contributed by atoms with Crippen LogP contribution in [0.15, 0.2) is 35.5 Å². The number of nitrogens with zero attached hydrogens (tertiary/aromatic N) is 1. The minimum Gasteiger partial charge on any atom is -0.508 e. The Kier molecular flexibility index (Phi) is 8.93. The van der Waals surface area contributed by atoms with Crippen LogP contribution in [-0.2, 0) is 28.7 Å². The third-order valence-corrected chi connectivity index (χ3v) is 6.11. The minimum absolute atomic E-state index is 0.0299. The molecule has 12 nitrogen and oxygen atoms in total. The highest BCUT2D eigenvalue weighted by atomic mass is 32.2. The maximum Gasteiger partial charge on any atom is 0.490 e. The first-order chi connectivity index (χ1) is 16.6. The number of fused-ring (bicyclic) bond motifs is 1. The number of rotatable bonds is 6. The second kappa shape index (κ2) is 11.3. The number of phenolic OH excluding ortho intramolecular Hbond substituents is 1. The van der Waals surface area contributed by atoms with Gasteiger partial charge < -0.3 is 31.1 Å². The molecule has 1 aromatic carbocycles. The molecule has 0 aromatic heterocycles. The highest BCUT2D eigenvalue weighted by Crippen LogP contribution is 2.40. The highest BCUT2D eigenvalue weighted by Gasteiger charge is 2.54. The van der Waals surface area contributed by atoms with Gasteiger partial charge in [0.2, 0.25) is 5.91 Å². The molecule has 2 amide bonds. The van der Waals surface area contributed by atoms with Gasteiger partial charge in [0.25, 0.3) is 5.91 Å². The predicted molar refractivity (Wildman–Crippen MR) is 115 cm³/mol. The lowest BCUT2D eigenvalue weighted by Crippen LogP contribution is -2.71. The number of hydrogen-bond acceptors (Lipinski definition) is 9. The van der Waals surface area contributed by atoms with Crippen LogP contribution in [0.5, 0.6) is 5.75 Å². The van der Waals surface area contributed by atoms with Crippen LogP contribution in [0.2, 0.25) is 0 Å². The number of carbonyl (C=O) groups excluding carboxylic acids is 3. The molecule has 1 saturated heterocycles. The molecule has 1 aromatic rings. The van der Waals surface area contributed by atoms with Gasteiger partial charge >= 0.3 is 24.1 Å². The Morgan fingerprint density at radius 2 is 1.78 bits per heavy atom. The molecule has 2 unspecified atom stereocenters. The van der Waals surface area contributed by atoms with Crippen LogP contribution in [0.4, 0.5) is 13.2 Å². The molecule has 0 bridgehead atoms. The average molecular weight is 535 g/mol. The van der Waals surface area contributed by atoms with Gasteiger partial charge in [0.05, 0.1) is 0 Å². The maximum atomic E-state index is 12.6. The first-order valence-electron chi connectivity index (χ1n) is 9.83. The SMILES string of the molecule is CC(=O)OCC1=C(C(=O)O)N2C(=O)C(NC(=O)C(N)c3ccc(O)cc3)[C@@H]2SC1.O=C(O)C(F)(F)F. The Bertz CT molecular complexity index is 1090. The summed E-state index contributed by atoms with van der Waals surface area (Å²) in [5.74, 6) is -5.53. The molecular weight excluding hydrogens is 515 g/mol. The topological polar surface area (TPSA) is 197 Å². The van der Waals surface area contributed by atoms with Gasteiger partial charge in [0, 0.05) is 18.2 Å². The van der Waals surface area contributed by atoms with Crippen LogP contribution in [-0.4, -0.2) is 79.9 Å². The molecule has 0 saturated carbocycles. The molecular formula is C20H20F3N3O9S. The first-order valence-corrected chi connectivity index (χ1v) is 10.9. The average Bonchev–Trinajstić information content (AvgIpc) is 2.79. The summed E-state index contributed by atoms with van der Waals surface area (Å²) in [6.45, 7) is 0.987. The standard InChI is InChI=1S/C18H19N3O7S.C2HF3O2/c1-8(22)28-6-10-7-29-17-13(16(25)21(17)14(10)18(26)27)20-15(24)12(19)9-2-4-11(23)5-3-9;3-2(4,5)1(6)7/h2-5,12-13,17,23H,6-7,19H2,1H3,(H,20,24)(H,26,27);(H,6,7)/t12?,13?,17-;/m0./s1. The van der Waals surface area contributed by atoms with Gasteiger partial charge in [-0.1, -0.05) is 12.1 Å². The van der Waals surface area contributed by atoms with E-state index in [0.29, 0.717) is 11.1 Å². The number of alkyl halides is 3. The van der Waals surface area contributed by atoms with E-state index in [2.05, 4.69) is 5.32 Å². The van der Waals surface area contributed by atoms with Gasteiger partial charge in [-0.15, -0.1) is 11.8 Å². The minimum atomic E-state index is -5.08. The number of nitrogens with one attached hydrogen (secondary N) is 1. The summed E-state index contributed by atoms with van der Waals surface area (Å²) in [4.78, 5) is 57.7. The summed E-state index contributed by atoms with van der Waals surface area (Å²) < 4.78 is 36.6. The van der Waals surface area contributed by atoms with Gasteiger partial charge in [-0.3, -0.25) is 19.3 Å². The number of hydrogen-bond donors (Lipinski definition) is 5. The normalized spacial score (nSPS) is 19.7. The number of carboxylic acids is 2. The monoisotopic (exact) mass is 535 g/mol. The number of thioether (sulfide) groups is 1. The molecule has 6 N–H and O–H groups in total. The van der Waals surface area contributed by atoms with Crippen molar-refractivity contribution in [2.24, 2.45) is 5.73 Å². The fourth-order valence-corrected chi connectivity index (χ4v) is 4.39. The molecule has 0 radical (unpaired) electrons. The van der Waals surface area contributed by atoms with E-state index in [9.17, 15) is 42.6 Å². The van der Waals surface area contributed by atoms with Crippen molar-refractivity contribution in [3.63, 3.8) is 0 Å². The Morgan fingerprint density at radius 3 is 2.25 bits per heavy atom. The van der Waals surface area contributed by atoms with Gasteiger partial charge in [-0.25, -0.2) is 9.59 Å². The summed E-state index contributed by atoms with van der Waals surface area (Å²) in [6, 6.07) is 3.81. The number of nitrogens with two attached hydrogens (primary N) is 1. The van der Waals surface area contributed by atoms with Crippen LogP contribution >= 0.6 is 11.8 Å². The largest absolute Gasteiger partial charge is 0.508 e. The van der Waals surface area contributed by atoms with Crippen molar-refractivity contribution in [3.8, 4) is 5.75 Å². The van der Waals surface area contributed by atoms with E-state index in [-0.39, 0.29) is 23.8 Å². The molecule has 16 heteroatoms. The number of aliphatic carboxylic acids is 2. The van der Waals surface area contributed by atoms with Crippen LogP contribution in [0.3, 0.4) is 0 Å². The number of carboxylic acid groups (broad SMARTS) is 2. The zero-order valence-electron chi connectivity index (χ0n) is 18.3. The molecule has 2 aliphatic rings. The Balaban J connectivity index is 0.000000572. The third kappa shape index (κ3) is 6.66. The number of benzene rings is 1. The second-order valence-corrected chi connectivity index (χ2v) is 8.41. The second-order valence-electron chi connectivity index (χ2n) is 7.31. The number of halogens is 3. The number of β-lactam (4-membered cyclic amide) rings is 1. The summed E-state index contributed by atoms with van der Waals surface area (Å²) >= 11 is 1.26. The van der Waals surface area contributed by atoms with Crippen LogP contribution in [0.25, 0.3) is 0 Å². The van der Waals surface area contributed by atoms with E-state index >= 15 is 0 Å². The molecule has 196 valence electrons. The van der Waals surface area contributed by atoms with Crippen LogP contribution in [0.1, 0.15) is 18.5 Å². The smallest absolute Gasteiger partial charge is 0.490 e. The summed E-state index contributed by atoms with van der Waals surface area (Å²) in [5.41, 5.74) is 6.46. The van der Waals surface area contributed by atoms with E-state index in [4.69, 9.17) is 20.4 Å². The predicted octanol–water partition coefficient (Wildman–Crippen LogP) is 0.327. The molecule has 1 fully saturated rings. The number of phenols is 1. The van der Waals surface area contributed by atoms with Crippen molar-refractivity contribution in [1.29, 1.82) is 0 Å². The van der Waals surface area contributed by atoms with E-state index < -0.39 is 53.4 Å². The van der Waals surface area contributed by atoms with Crippen molar-refractivity contribution in [3.05, 3.63) is 41.1 Å². The van der Waals surface area contributed by atoms with Crippen molar-refractivity contribution >= 4 is 41.5 Å². The number of esters is 1. The summed E-state index contributed by atoms with van der Waals surface area (Å²) in [7, 11) is 0. The number of ether oxygens (including phenoxy) is 1. The number of carbonyl (C=O) groups is 5. The third-order valence-electron chi connectivity index (χ3n) is 4.77. The van der Waals surface area contributed by atoms with Crippen LogP contribution in [0, 0.1) is 0 Å². The van der Waals surface area contributed by atoms with Crippen molar-refractivity contribution in [2.75, 3.05) is 12.4 Å². The Morgan fingerprint density at radius 1 is 1.22 bits per heavy atom. The molecule has 2 aliphatic heterocycles. The molecule has 3 rings (SSSR count). The van der Waals surface area contributed by atoms with E-state index in [1.165, 1.54) is 43.0 Å². The Labute approximate surface area is 204 Å². The molecule has 3 atom stereocenters. The fraction of sp³-hybridized carbons (Fsp3) is 0.350. The lowest BCUT2D eigenvalue weighted by molar-refractivity contribution is -0.192. The maximum absolute atomic E-state index is 12.6. The molecule has 2 heterocycles. The quantitative estimate of drug-likeness (QED) is 0.249. The zero-order valence-corrected chi connectivity index (χ0v) is 19.1. The van der Waals surface area contributed by atoms with Crippen molar-refractivity contribution in [1.82, 2.24) is 10.2 Å². The number of amides is 2. The first kappa shape index (κ1) is 28.4. The van der Waals surface area contributed by atoms with Gasteiger partial charge in [0.15, 0.2) is 0 Å². The Hall–Kier alpha value is -3.79. The lowest BCUT2D eigenvalue weighted by Gasteiger charge is -2.49. The number of aromatic hydroxyl groups is 1. The van der Waals surface area contributed by atoms with E-state index in [1.807, 2.05) is 0 Å².